The molecule has 0 saturated carbocycles. The zero-order chi connectivity index (χ0) is 15.1. The molecule has 0 fully saturated rings. The summed E-state index contributed by atoms with van der Waals surface area (Å²) in [5.41, 5.74) is -0.130. The van der Waals surface area contributed by atoms with Gasteiger partial charge in [-0.15, -0.1) is 0 Å². The zero-order valence-corrected chi connectivity index (χ0v) is 10.7. The van der Waals surface area contributed by atoms with Crippen molar-refractivity contribution >= 4 is 11.9 Å². The molecule has 7 heteroatoms. The van der Waals surface area contributed by atoms with Crippen LogP contribution >= 0.6 is 0 Å². The topological polar surface area (TPSA) is 79.2 Å². The fraction of sp³-hybridized carbons (Fsp3) is 0.308. The quantitative estimate of drug-likeness (QED) is 0.831. The molecule has 106 valence electrons. The zero-order valence-electron chi connectivity index (χ0n) is 10.7. The number of hydrogen-bond acceptors (Lipinski definition) is 4. The number of amides is 1. The van der Waals surface area contributed by atoms with Gasteiger partial charge in [-0.25, -0.2) is 13.6 Å². The number of esters is 1. The minimum Gasteiger partial charge on any atom is -0.467 e. The smallest absolute Gasteiger partial charge is 0.328 e. The van der Waals surface area contributed by atoms with Gasteiger partial charge in [0.1, 0.15) is 6.04 Å². The number of carbonyl (C=O) groups excluding carboxylic acids is 2. The molecular weight excluding hydrogens is 270 g/mol. The molecule has 0 bridgehead atoms. The lowest BCUT2D eigenvalue weighted by atomic mass is 10.1. The maximum atomic E-state index is 13.0. The molecule has 1 N–H and O–H groups in total. The van der Waals surface area contributed by atoms with E-state index >= 15 is 0 Å². The standard InChI is InChI=1S/C13H12F2N2O3/c1-20-13(19)11(3-2-6-16)17-12(18)8-4-5-9(14)10(15)7-8/h4-5,7,11H,2-3H2,1H3,(H,17,18)/t11-/m1/s1. The molecule has 0 saturated heterocycles. The summed E-state index contributed by atoms with van der Waals surface area (Å²) in [4.78, 5) is 23.2. The molecule has 0 aliphatic heterocycles. The second kappa shape index (κ2) is 7.19. The van der Waals surface area contributed by atoms with E-state index in [0.717, 1.165) is 25.3 Å². The molecule has 1 aromatic carbocycles. The summed E-state index contributed by atoms with van der Waals surface area (Å²) in [6, 6.07) is 3.45. The molecule has 0 aliphatic rings. The van der Waals surface area contributed by atoms with Gasteiger partial charge >= 0.3 is 5.97 Å². The number of methoxy groups -OCH3 is 1. The molecular formula is C13H12F2N2O3. The van der Waals surface area contributed by atoms with E-state index in [1.54, 1.807) is 0 Å². The number of nitrogens with zero attached hydrogens (tertiary/aromatic N) is 1. The van der Waals surface area contributed by atoms with Crippen LogP contribution in [0.3, 0.4) is 0 Å². The molecule has 0 unspecified atom stereocenters. The Morgan fingerprint density at radius 3 is 2.65 bits per heavy atom. The van der Waals surface area contributed by atoms with Crippen molar-refractivity contribution in [2.45, 2.75) is 18.9 Å². The number of halogens is 2. The molecule has 1 rings (SSSR count). The summed E-state index contributed by atoms with van der Waals surface area (Å²) in [6.45, 7) is 0. The number of nitrogens with one attached hydrogen (secondary N) is 1. The molecule has 0 heterocycles. The minimum absolute atomic E-state index is 0.0395. The lowest BCUT2D eigenvalue weighted by Gasteiger charge is -2.15. The molecule has 0 aliphatic carbocycles. The first-order valence-electron chi connectivity index (χ1n) is 5.70. The number of nitriles is 1. The average Bonchev–Trinajstić information content (AvgIpc) is 2.45. The largest absolute Gasteiger partial charge is 0.467 e. The number of carbonyl (C=O) groups is 2. The predicted molar refractivity (Wildman–Crippen MR) is 64.5 cm³/mol. The van der Waals surface area contributed by atoms with Crippen molar-refractivity contribution in [3.8, 4) is 6.07 Å². The van der Waals surface area contributed by atoms with E-state index in [2.05, 4.69) is 10.1 Å². The second-order valence-electron chi connectivity index (χ2n) is 3.87. The molecule has 1 atom stereocenters. The van der Waals surface area contributed by atoms with Crippen LogP contribution in [0.4, 0.5) is 8.78 Å². The van der Waals surface area contributed by atoms with Gasteiger partial charge in [-0.2, -0.15) is 5.26 Å². The van der Waals surface area contributed by atoms with Gasteiger partial charge in [0, 0.05) is 12.0 Å². The summed E-state index contributed by atoms with van der Waals surface area (Å²) < 4.78 is 30.3. The maximum Gasteiger partial charge on any atom is 0.328 e. The van der Waals surface area contributed by atoms with Crippen LogP contribution in [0.15, 0.2) is 18.2 Å². The van der Waals surface area contributed by atoms with Crippen LogP contribution in [0.1, 0.15) is 23.2 Å². The van der Waals surface area contributed by atoms with E-state index < -0.39 is 29.6 Å². The van der Waals surface area contributed by atoms with E-state index in [1.807, 2.05) is 6.07 Å². The van der Waals surface area contributed by atoms with Crippen molar-refractivity contribution in [3.63, 3.8) is 0 Å². The Bertz CT molecular complexity index is 555. The Labute approximate surface area is 114 Å². The number of benzene rings is 1. The lowest BCUT2D eigenvalue weighted by molar-refractivity contribution is -0.143. The SMILES string of the molecule is COC(=O)[C@@H](CCC#N)NC(=O)c1ccc(F)c(F)c1. The summed E-state index contributed by atoms with van der Waals surface area (Å²) in [5, 5.41) is 10.8. The highest BCUT2D eigenvalue weighted by atomic mass is 19.2. The van der Waals surface area contributed by atoms with Crippen LogP contribution in [-0.2, 0) is 9.53 Å². The summed E-state index contributed by atoms with van der Waals surface area (Å²) in [7, 11) is 1.14. The molecule has 20 heavy (non-hydrogen) atoms. The molecule has 5 nitrogen and oxygen atoms in total. The summed E-state index contributed by atoms with van der Waals surface area (Å²) in [5.74, 6) is -3.70. The van der Waals surface area contributed by atoms with Crippen LogP contribution in [0.2, 0.25) is 0 Å². The van der Waals surface area contributed by atoms with Crippen molar-refractivity contribution in [1.82, 2.24) is 5.32 Å². The first kappa shape index (κ1) is 15.6. The summed E-state index contributed by atoms with van der Waals surface area (Å²) >= 11 is 0. The van der Waals surface area contributed by atoms with Gasteiger partial charge in [0.15, 0.2) is 11.6 Å². The lowest BCUT2D eigenvalue weighted by Crippen LogP contribution is -2.41. The van der Waals surface area contributed by atoms with Crippen LogP contribution in [-0.4, -0.2) is 25.0 Å². The molecule has 1 aromatic rings. The van der Waals surface area contributed by atoms with Gasteiger partial charge < -0.3 is 10.1 Å². The first-order valence-corrected chi connectivity index (χ1v) is 5.70. The fourth-order valence-electron chi connectivity index (χ4n) is 1.48. The highest BCUT2D eigenvalue weighted by molar-refractivity contribution is 5.96. The third kappa shape index (κ3) is 4.02. The first-order chi connectivity index (χ1) is 9.49. The third-order valence-electron chi connectivity index (χ3n) is 2.52. The van der Waals surface area contributed by atoms with Crippen LogP contribution < -0.4 is 5.32 Å². The molecule has 0 spiro atoms. The number of hydrogen-bond donors (Lipinski definition) is 1. The van der Waals surface area contributed by atoms with Gasteiger partial charge in [0.2, 0.25) is 0 Å². The highest BCUT2D eigenvalue weighted by Gasteiger charge is 2.22. The van der Waals surface area contributed by atoms with E-state index in [0.29, 0.717) is 0 Å². The third-order valence-corrected chi connectivity index (χ3v) is 2.52. The van der Waals surface area contributed by atoms with Gasteiger partial charge in [0.25, 0.3) is 5.91 Å². The molecule has 1 amide bonds. The van der Waals surface area contributed by atoms with Gasteiger partial charge in [0.05, 0.1) is 13.2 Å². The van der Waals surface area contributed by atoms with Crippen molar-refractivity contribution in [2.24, 2.45) is 0 Å². The summed E-state index contributed by atoms with van der Waals surface area (Å²) in [6.07, 6.45) is 0.108. The Balaban J connectivity index is 2.81. The van der Waals surface area contributed by atoms with Crippen LogP contribution in [0.5, 0.6) is 0 Å². The normalized spacial score (nSPS) is 11.3. The number of ether oxygens (including phenoxy) is 1. The van der Waals surface area contributed by atoms with Gasteiger partial charge in [-0.3, -0.25) is 4.79 Å². The van der Waals surface area contributed by atoms with Crippen molar-refractivity contribution in [1.29, 1.82) is 5.26 Å². The van der Waals surface area contributed by atoms with E-state index in [-0.39, 0.29) is 18.4 Å². The van der Waals surface area contributed by atoms with Crippen molar-refractivity contribution in [3.05, 3.63) is 35.4 Å². The maximum absolute atomic E-state index is 13.0. The van der Waals surface area contributed by atoms with E-state index in [9.17, 15) is 18.4 Å². The highest BCUT2D eigenvalue weighted by Crippen LogP contribution is 2.09. The molecule has 0 radical (unpaired) electrons. The Hall–Kier alpha value is -2.49. The Morgan fingerprint density at radius 2 is 2.10 bits per heavy atom. The van der Waals surface area contributed by atoms with Crippen molar-refractivity contribution < 1.29 is 23.1 Å². The fourth-order valence-corrected chi connectivity index (χ4v) is 1.48. The molecule has 0 aromatic heterocycles. The van der Waals surface area contributed by atoms with Gasteiger partial charge in [-0.05, 0) is 24.6 Å². The second-order valence-corrected chi connectivity index (χ2v) is 3.87. The van der Waals surface area contributed by atoms with Crippen LogP contribution in [0, 0.1) is 23.0 Å². The Morgan fingerprint density at radius 1 is 1.40 bits per heavy atom. The predicted octanol–water partition coefficient (Wildman–Crippen LogP) is 1.54. The van der Waals surface area contributed by atoms with Crippen LogP contribution in [0.25, 0.3) is 0 Å². The monoisotopic (exact) mass is 282 g/mol. The Kier molecular flexibility index (Phi) is 5.59. The van der Waals surface area contributed by atoms with Crippen molar-refractivity contribution in [2.75, 3.05) is 7.11 Å². The average molecular weight is 282 g/mol. The van der Waals surface area contributed by atoms with E-state index in [4.69, 9.17) is 5.26 Å². The van der Waals surface area contributed by atoms with Gasteiger partial charge in [-0.1, -0.05) is 0 Å². The van der Waals surface area contributed by atoms with E-state index in [1.165, 1.54) is 0 Å². The minimum atomic E-state index is -1.16. The number of rotatable bonds is 5.